The summed E-state index contributed by atoms with van der Waals surface area (Å²) in [6.07, 6.45) is 1.06. The molecule has 0 unspecified atom stereocenters. The Morgan fingerprint density at radius 2 is 1.95 bits per heavy atom. The van der Waals surface area contributed by atoms with Crippen molar-refractivity contribution in [2.45, 2.75) is 19.9 Å². The third kappa shape index (κ3) is 6.56. The number of nitrogens with zero attached hydrogens (tertiary/aromatic N) is 2. The molecule has 0 saturated heterocycles. The van der Waals surface area contributed by atoms with Crippen LogP contribution in [-0.2, 0) is 17.8 Å². The van der Waals surface area contributed by atoms with Crippen LogP contribution >= 0.6 is 35.3 Å². The Hall–Kier alpha value is -0.830. The molecular weight excluding hydrogens is 387 g/mol. The lowest BCUT2D eigenvalue weighted by molar-refractivity contribution is -0.127. The zero-order valence-corrected chi connectivity index (χ0v) is 15.5. The molecule has 0 atom stereocenters. The lowest BCUT2D eigenvalue weighted by Crippen LogP contribution is -2.42. The number of aryl methyl sites for hydroxylation is 1. The molecule has 0 aromatic carbocycles. The minimum absolute atomic E-state index is 0. The van der Waals surface area contributed by atoms with E-state index in [1.54, 1.807) is 37.4 Å². The summed E-state index contributed by atoms with van der Waals surface area (Å²) in [5.41, 5.74) is 0. The highest BCUT2D eigenvalue weighted by Crippen LogP contribution is 2.16. The molecule has 1 heterocycles. The number of aliphatic imine (C=N–C) groups is 1. The average Bonchev–Trinajstić information content (AvgIpc) is 2.86. The predicted molar refractivity (Wildman–Crippen MR) is 96.0 cm³/mol. The Morgan fingerprint density at radius 3 is 2.45 bits per heavy atom. The first-order chi connectivity index (χ1) is 9.06. The number of guanidine groups is 1. The molecule has 20 heavy (non-hydrogen) atoms. The lowest BCUT2D eigenvalue weighted by atomic mass is 10.4. The van der Waals surface area contributed by atoms with E-state index in [1.807, 2.05) is 0 Å². The maximum atomic E-state index is 11.5. The number of thiophene rings is 1. The van der Waals surface area contributed by atoms with E-state index in [9.17, 15) is 4.79 Å². The SMILES string of the molecule is CCc1ccc(CNC(=NC)NCC(=O)N(C)C)s1.I. The molecule has 0 saturated carbocycles. The van der Waals surface area contributed by atoms with Crippen molar-refractivity contribution < 1.29 is 4.79 Å². The molecule has 0 aliphatic carbocycles. The van der Waals surface area contributed by atoms with Gasteiger partial charge in [-0.05, 0) is 18.6 Å². The summed E-state index contributed by atoms with van der Waals surface area (Å²) in [7, 11) is 5.16. The van der Waals surface area contributed by atoms with Gasteiger partial charge in [0.15, 0.2) is 5.96 Å². The van der Waals surface area contributed by atoms with E-state index in [-0.39, 0.29) is 36.4 Å². The van der Waals surface area contributed by atoms with Crippen molar-refractivity contribution in [3.63, 3.8) is 0 Å². The molecule has 1 amide bonds. The molecule has 0 radical (unpaired) electrons. The summed E-state index contributed by atoms with van der Waals surface area (Å²) in [4.78, 5) is 19.7. The van der Waals surface area contributed by atoms with Crippen LogP contribution in [0.15, 0.2) is 17.1 Å². The van der Waals surface area contributed by atoms with E-state index in [0.717, 1.165) is 13.0 Å². The van der Waals surface area contributed by atoms with Crippen LogP contribution in [0.1, 0.15) is 16.7 Å². The van der Waals surface area contributed by atoms with Crippen LogP contribution in [0.3, 0.4) is 0 Å². The fraction of sp³-hybridized carbons (Fsp3) is 0.538. The molecule has 7 heteroatoms. The first-order valence-electron chi connectivity index (χ1n) is 6.29. The van der Waals surface area contributed by atoms with Gasteiger partial charge >= 0.3 is 0 Å². The van der Waals surface area contributed by atoms with E-state index < -0.39 is 0 Å². The summed E-state index contributed by atoms with van der Waals surface area (Å²) >= 11 is 1.79. The van der Waals surface area contributed by atoms with Crippen molar-refractivity contribution in [2.24, 2.45) is 4.99 Å². The minimum atomic E-state index is 0. The Morgan fingerprint density at radius 1 is 1.30 bits per heavy atom. The molecule has 5 nitrogen and oxygen atoms in total. The average molecular weight is 410 g/mol. The van der Waals surface area contributed by atoms with E-state index >= 15 is 0 Å². The first kappa shape index (κ1) is 19.2. The molecule has 1 aromatic heterocycles. The Bertz CT molecular complexity index is 445. The van der Waals surface area contributed by atoms with Crippen LogP contribution in [0.4, 0.5) is 0 Å². The van der Waals surface area contributed by atoms with Gasteiger partial charge in [-0.3, -0.25) is 9.79 Å². The highest BCUT2D eigenvalue weighted by Gasteiger charge is 2.05. The van der Waals surface area contributed by atoms with Gasteiger partial charge in [0.2, 0.25) is 5.91 Å². The highest BCUT2D eigenvalue weighted by atomic mass is 127. The molecule has 0 fully saturated rings. The first-order valence-corrected chi connectivity index (χ1v) is 7.10. The van der Waals surface area contributed by atoms with E-state index in [2.05, 4.69) is 34.7 Å². The molecule has 0 aliphatic heterocycles. The molecule has 1 rings (SSSR count). The van der Waals surface area contributed by atoms with E-state index in [4.69, 9.17) is 0 Å². The fourth-order valence-electron chi connectivity index (χ4n) is 1.42. The smallest absolute Gasteiger partial charge is 0.241 e. The number of likely N-dealkylation sites (N-methyl/N-ethyl adjacent to an activating group) is 1. The number of rotatable bonds is 5. The van der Waals surface area contributed by atoms with Gasteiger partial charge in [0.05, 0.1) is 13.1 Å². The Labute approximate surface area is 141 Å². The van der Waals surface area contributed by atoms with Crippen molar-refractivity contribution in [2.75, 3.05) is 27.7 Å². The summed E-state index contributed by atoms with van der Waals surface area (Å²) in [5.74, 6) is 0.661. The zero-order valence-electron chi connectivity index (χ0n) is 12.4. The summed E-state index contributed by atoms with van der Waals surface area (Å²) in [6.45, 7) is 3.12. The van der Waals surface area contributed by atoms with Gasteiger partial charge < -0.3 is 15.5 Å². The number of carbonyl (C=O) groups excluding carboxylic acids is 1. The normalized spacial score (nSPS) is 10.7. The van der Waals surface area contributed by atoms with Gasteiger partial charge in [-0.25, -0.2) is 0 Å². The van der Waals surface area contributed by atoms with Crippen molar-refractivity contribution in [1.82, 2.24) is 15.5 Å². The Kier molecular flexibility index (Phi) is 9.56. The minimum Gasteiger partial charge on any atom is -0.352 e. The summed E-state index contributed by atoms with van der Waals surface area (Å²) in [6, 6.07) is 4.27. The topological polar surface area (TPSA) is 56.7 Å². The number of hydrogen-bond acceptors (Lipinski definition) is 3. The van der Waals surface area contributed by atoms with Crippen molar-refractivity contribution in [3.8, 4) is 0 Å². The molecule has 0 bridgehead atoms. The van der Waals surface area contributed by atoms with Crippen LogP contribution in [-0.4, -0.2) is 44.5 Å². The van der Waals surface area contributed by atoms with Crippen LogP contribution in [0.2, 0.25) is 0 Å². The fourth-order valence-corrected chi connectivity index (χ4v) is 2.31. The molecule has 0 spiro atoms. The quantitative estimate of drug-likeness (QED) is 0.441. The largest absolute Gasteiger partial charge is 0.352 e. The predicted octanol–water partition coefficient (Wildman–Crippen LogP) is 1.68. The van der Waals surface area contributed by atoms with Gasteiger partial charge in [0.1, 0.15) is 0 Å². The molecule has 0 aliphatic rings. The summed E-state index contributed by atoms with van der Waals surface area (Å²) in [5, 5.41) is 6.19. The summed E-state index contributed by atoms with van der Waals surface area (Å²) < 4.78 is 0. The number of hydrogen-bond donors (Lipinski definition) is 2. The monoisotopic (exact) mass is 410 g/mol. The second kappa shape index (κ2) is 9.98. The van der Waals surface area contributed by atoms with Crippen LogP contribution in [0.5, 0.6) is 0 Å². The van der Waals surface area contributed by atoms with Crippen molar-refractivity contribution >= 4 is 47.2 Å². The highest BCUT2D eigenvalue weighted by molar-refractivity contribution is 14.0. The van der Waals surface area contributed by atoms with Gasteiger partial charge in [-0.2, -0.15) is 0 Å². The zero-order chi connectivity index (χ0) is 14.3. The van der Waals surface area contributed by atoms with Crippen LogP contribution in [0.25, 0.3) is 0 Å². The van der Waals surface area contributed by atoms with Crippen molar-refractivity contribution in [3.05, 3.63) is 21.9 Å². The van der Waals surface area contributed by atoms with E-state index in [1.165, 1.54) is 9.75 Å². The van der Waals surface area contributed by atoms with Crippen LogP contribution in [0, 0.1) is 0 Å². The number of halogens is 1. The number of amides is 1. The standard InChI is InChI=1S/C13H22N4OS.HI/c1-5-10-6-7-11(19-10)8-15-13(14-2)16-9-12(18)17(3)4;/h6-7H,5,8-9H2,1-4H3,(H2,14,15,16);1H. The second-order valence-electron chi connectivity index (χ2n) is 4.29. The van der Waals surface area contributed by atoms with Crippen LogP contribution < -0.4 is 10.6 Å². The van der Waals surface area contributed by atoms with Gasteiger partial charge in [0, 0.05) is 30.9 Å². The van der Waals surface area contributed by atoms with E-state index in [0.29, 0.717) is 5.96 Å². The maximum absolute atomic E-state index is 11.5. The molecule has 2 N–H and O–H groups in total. The molecule has 1 aromatic rings. The second-order valence-corrected chi connectivity index (χ2v) is 5.54. The molecular formula is C13H23IN4OS. The molecule has 114 valence electrons. The van der Waals surface area contributed by atoms with Crippen molar-refractivity contribution in [1.29, 1.82) is 0 Å². The number of carbonyl (C=O) groups is 1. The number of nitrogens with one attached hydrogen (secondary N) is 2. The third-order valence-corrected chi connectivity index (χ3v) is 3.85. The Balaban J connectivity index is 0.00000361. The lowest BCUT2D eigenvalue weighted by Gasteiger charge is -2.13. The maximum Gasteiger partial charge on any atom is 0.241 e. The van der Waals surface area contributed by atoms with Gasteiger partial charge in [0.25, 0.3) is 0 Å². The van der Waals surface area contributed by atoms with Gasteiger partial charge in [-0.1, -0.05) is 6.92 Å². The third-order valence-electron chi connectivity index (χ3n) is 2.63. The van der Waals surface area contributed by atoms with Gasteiger partial charge in [-0.15, -0.1) is 35.3 Å².